The molecule has 5 heteroatoms. The van der Waals surface area contributed by atoms with Gasteiger partial charge in [0.05, 0.1) is 5.52 Å². The number of benzene rings is 2. The molecule has 94 valence electrons. The minimum atomic E-state index is 0.164. The first-order valence-electron chi connectivity index (χ1n) is 5.83. The van der Waals surface area contributed by atoms with E-state index in [-0.39, 0.29) is 11.7 Å². The largest absolute Gasteiger partial charge is 0.508 e. The summed E-state index contributed by atoms with van der Waals surface area (Å²) in [5, 5.41) is 17.3. The molecule has 0 aliphatic rings. The zero-order valence-corrected chi connectivity index (χ0v) is 10.3. The van der Waals surface area contributed by atoms with Gasteiger partial charge in [-0.25, -0.2) is 4.98 Å². The molecule has 0 saturated heterocycles. The van der Waals surface area contributed by atoms with Crippen molar-refractivity contribution in [3.8, 4) is 16.9 Å². The second-order valence-corrected chi connectivity index (χ2v) is 4.38. The number of aryl methyl sites for hydroxylation is 1. The highest BCUT2D eigenvalue weighted by Gasteiger charge is 2.07. The van der Waals surface area contributed by atoms with Crippen LogP contribution in [0.3, 0.4) is 0 Å². The van der Waals surface area contributed by atoms with Crippen molar-refractivity contribution in [2.75, 3.05) is 5.73 Å². The quantitative estimate of drug-likeness (QED) is 0.694. The average Bonchev–Trinajstić information content (AvgIpc) is 2.37. The van der Waals surface area contributed by atoms with E-state index in [4.69, 9.17) is 5.73 Å². The molecule has 0 amide bonds. The van der Waals surface area contributed by atoms with Crippen molar-refractivity contribution in [1.29, 1.82) is 0 Å². The smallest absolute Gasteiger partial charge is 0.240 e. The lowest BCUT2D eigenvalue weighted by Gasteiger charge is -2.08. The first kappa shape index (κ1) is 11.4. The predicted molar refractivity (Wildman–Crippen MR) is 73.6 cm³/mol. The summed E-state index contributed by atoms with van der Waals surface area (Å²) in [5.41, 5.74) is 9.88. The van der Waals surface area contributed by atoms with E-state index in [0.717, 1.165) is 16.7 Å². The SMILES string of the molecule is Cc1cc2nc(N)nnc2cc1-c1cccc(O)c1. The van der Waals surface area contributed by atoms with Crippen molar-refractivity contribution in [2.45, 2.75) is 6.92 Å². The Labute approximate surface area is 109 Å². The number of nitrogens with two attached hydrogens (primary N) is 1. The van der Waals surface area contributed by atoms with Gasteiger partial charge in [-0.3, -0.25) is 0 Å². The van der Waals surface area contributed by atoms with E-state index in [2.05, 4.69) is 15.2 Å². The van der Waals surface area contributed by atoms with Gasteiger partial charge >= 0.3 is 0 Å². The number of rotatable bonds is 1. The lowest BCUT2D eigenvalue weighted by molar-refractivity contribution is 0.475. The maximum atomic E-state index is 9.56. The average molecular weight is 252 g/mol. The molecule has 0 saturated carbocycles. The third-order valence-corrected chi connectivity index (χ3v) is 2.97. The van der Waals surface area contributed by atoms with E-state index in [1.165, 1.54) is 0 Å². The highest BCUT2D eigenvalue weighted by Crippen LogP contribution is 2.28. The lowest BCUT2D eigenvalue weighted by Crippen LogP contribution is -1.98. The third-order valence-electron chi connectivity index (χ3n) is 2.97. The number of nitrogens with zero attached hydrogens (tertiary/aromatic N) is 3. The maximum absolute atomic E-state index is 9.56. The number of nitrogen functional groups attached to an aromatic ring is 1. The van der Waals surface area contributed by atoms with Gasteiger partial charge in [-0.2, -0.15) is 0 Å². The number of aromatic nitrogens is 3. The summed E-state index contributed by atoms with van der Waals surface area (Å²) in [4.78, 5) is 4.14. The van der Waals surface area contributed by atoms with E-state index in [0.29, 0.717) is 11.0 Å². The fourth-order valence-corrected chi connectivity index (χ4v) is 2.09. The molecule has 2 aromatic carbocycles. The van der Waals surface area contributed by atoms with Gasteiger partial charge < -0.3 is 10.8 Å². The molecule has 0 bridgehead atoms. The molecule has 1 heterocycles. The van der Waals surface area contributed by atoms with Crippen LogP contribution >= 0.6 is 0 Å². The van der Waals surface area contributed by atoms with Crippen LogP contribution in [0.5, 0.6) is 5.75 Å². The maximum Gasteiger partial charge on any atom is 0.240 e. The molecule has 5 nitrogen and oxygen atoms in total. The molecule has 3 rings (SSSR count). The molecule has 0 aliphatic heterocycles. The van der Waals surface area contributed by atoms with Gasteiger partial charge in [0.2, 0.25) is 5.95 Å². The van der Waals surface area contributed by atoms with Crippen molar-refractivity contribution in [2.24, 2.45) is 0 Å². The second kappa shape index (κ2) is 4.20. The van der Waals surface area contributed by atoms with Crippen LogP contribution in [0.15, 0.2) is 36.4 Å². The zero-order valence-electron chi connectivity index (χ0n) is 10.3. The van der Waals surface area contributed by atoms with Gasteiger partial charge in [0, 0.05) is 0 Å². The van der Waals surface area contributed by atoms with Crippen molar-refractivity contribution in [3.63, 3.8) is 0 Å². The van der Waals surface area contributed by atoms with Crippen LogP contribution in [-0.2, 0) is 0 Å². The van der Waals surface area contributed by atoms with Gasteiger partial charge in [-0.1, -0.05) is 12.1 Å². The minimum absolute atomic E-state index is 0.164. The summed E-state index contributed by atoms with van der Waals surface area (Å²) in [6.45, 7) is 1.98. The lowest BCUT2D eigenvalue weighted by atomic mass is 9.99. The van der Waals surface area contributed by atoms with E-state index >= 15 is 0 Å². The Morgan fingerprint density at radius 2 is 1.89 bits per heavy atom. The van der Waals surface area contributed by atoms with Crippen LogP contribution in [0.2, 0.25) is 0 Å². The number of aromatic hydroxyl groups is 1. The summed E-state index contributed by atoms with van der Waals surface area (Å²) < 4.78 is 0. The highest BCUT2D eigenvalue weighted by molar-refractivity contribution is 5.84. The summed E-state index contributed by atoms with van der Waals surface area (Å²) in [7, 11) is 0. The van der Waals surface area contributed by atoms with Gasteiger partial charge in [-0.15, -0.1) is 10.2 Å². The molecule has 3 aromatic rings. The molecule has 0 radical (unpaired) electrons. The fourth-order valence-electron chi connectivity index (χ4n) is 2.09. The first-order chi connectivity index (χ1) is 9.13. The molecule has 0 spiro atoms. The van der Waals surface area contributed by atoms with Crippen LogP contribution in [0.25, 0.3) is 22.2 Å². The van der Waals surface area contributed by atoms with Gasteiger partial charge in [0.15, 0.2) is 0 Å². The van der Waals surface area contributed by atoms with Crippen LogP contribution in [0, 0.1) is 6.92 Å². The number of phenols is 1. The zero-order chi connectivity index (χ0) is 13.4. The monoisotopic (exact) mass is 252 g/mol. The Bertz CT molecular complexity index is 770. The fraction of sp³-hybridized carbons (Fsp3) is 0.0714. The molecule has 0 fully saturated rings. The summed E-state index contributed by atoms with van der Waals surface area (Å²) in [5.74, 6) is 0.399. The van der Waals surface area contributed by atoms with Crippen LogP contribution < -0.4 is 5.73 Å². The molecular weight excluding hydrogens is 240 g/mol. The predicted octanol–water partition coefficient (Wildman–Crippen LogP) is 2.29. The summed E-state index contributed by atoms with van der Waals surface area (Å²) >= 11 is 0. The molecule has 0 aliphatic carbocycles. The molecule has 19 heavy (non-hydrogen) atoms. The van der Waals surface area contributed by atoms with Crippen molar-refractivity contribution >= 4 is 17.0 Å². The van der Waals surface area contributed by atoms with Gasteiger partial charge in [0.1, 0.15) is 11.3 Å². The van der Waals surface area contributed by atoms with Crippen LogP contribution in [0.1, 0.15) is 5.56 Å². The normalized spacial score (nSPS) is 10.8. The molecule has 0 unspecified atom stereocenters. The standard InChI is InChI=1S/C14H12N4O/c1-8-5-12-13(17-18-14(15)16-12)7-11(8)9-3-2-4-10(19)6-9/h2-7,19H,1H3,(H2,15,16,18). The molecule has 1 aromatic heterocycles. The Kier molecular flexibility index (Phi) is 2.52. The van der Waals surface area contributed by atoms with Gasteiger partial charge in [0.25, 0.3) is 0 Å². The first-order valence-corrected chi connectivity index (χ1v) is 5.83. The topological polar surface area (TPSA) is 84.9 Å². The van der Waals surface area contributed by atoms with Crippen molar-refractivity contribution in [3.05, 3.63) is 42.0 Å². The molecule has 3 N–H and O–H groups in total. The van der Waals surface area contributed by atoms with Crippen molar-refractivity contribution in [1.82, 2.24) is 15.2 Å². The van der Waals surface area contributed by atoms with E-state index in [9.17, 15) is 5.11 Å². The second-order valence-electron chi connectivity index (χ2n) is 4.38. The minimum Gasteiger partial charge on any atom is -0.508 e. The number of hydrogen-bond acceptors (Lipinski definition) is 5. The Morgan fingerprint density at radius 1 is 1.05 bits per heavy atom. The summed E-state index contributed by atoms with van der Waals surface area (Å²) in [6, 6.07) is 10.9. The van der Waals surface area contributed by atoms with Gasteiger partial charge in [-0.05, 0) is 47.9 Å². The number of phenolic OH excluding ortho intramolecular Hbond substituents is 1. The number of hydrogen-bond donors (Lipinski definition) is 2. The van der Waals surface area contributed by atoms with E-state index in [1.807, 2.05) is 25.1 Å². The van der Waals surface area contributed by atoms with Crippen LogP contribution in [0.4, 0.5) is 5.95 Å². The molecule has 0 atom stereocenters. The number of fused-ring (bicyclic) bond motifs is 1. The Morgan fingerprint density at radius 3 is 2.68 bits per heavy atom. The Hall–Kier alpha value is -2.69. The van der Waals surface area contributed by atoms with Crippen LogP contribution in [-0.4, -0.2) is 20.3 Å². The van der Waals surface area contributed by atoms with Crippen molar-refractivity contribution < 1.29 is 5.11 Å². The molecular formula is C14H12N4O. The third kappa shape index (κ3) is 2.06. The highest BCUT2D eigenvalue weighted by atomic mass is 16.3. The number of anilines is 1. The van der Waals surface area contributed by atoms with E-state index in [1.54, 1.807) is 18.2 Å². The summed E-state index contributed by atoms with van der Waals surface area (Å²) in [6.07, 6.45) is 0. The van der Waals surface area contributed by atoms with E-state index < -0.39 is 0 Å². The Balaban J connectivity index is 2.24.